The number of benzene rings is 2. The van der Waals surface area contributed by atoms with Gasteiger partial charge in [0.2, 0.25) is 0 Å². The van der Waals surface area contributed by atoms with Gasteiger partial charge in [-0.3, -0.25) is 0 Å². The standard InChI is InChI=1S/C21H26O4/c1-16-21(24-15-18-10-6-3-7-11-18)20(12-19(13-22)25-16)23-14-17-8-4-2-5-9-17/h2-11,16,19-22H,12-15H2,1H3/t16-,19?,20-,21-/m0/s1. The lowest BCUT2D eigenvalue weighted by molar-refractivity contribution is -0.208. The fourth-order valence-corrected chi connectivity index (χ4v) is 3.20. The highest BCUT2D eigenvalue weighted by atomic mass is 16.6. The van der Waals surface area contributed by atoms with Crippen molar-refractivity contribution in [1.29, 1.82) is 0 Å². The summed E-state index contributed by atoms with van der Waals surface area (Å²) in [5, 5.41) is 9.48. The number of rotatable bonds is 7. The Hall–Kier alpha value is -1.72. The van der Waals surface area contributed by atoms with Gasteiger partial charge in [0.05, 0.1) is 38.1 Å². The van der Waals surface area contributed by atoms with Crippen molar-refractivity contribution in [3.63, 3.8) is 0 Å². The van der Waals surface area contributed by atoms with Crippen LogP contribution in [-0.4, -0.2) is 36.1 Å². The molecule has 25 heavy (non-hydrogen) atoms. The summed E-state index contributed by atoms with van der Waals surface area (Å²) in [7, 11) is 0. The predicted octanol–water partition coefficient (Wildman–Crippen LogP) is 3.33. The van der Waals surface area contributed by atoms with Gasteiger partial charge in [0.15, 0.2) is 0 Å². The van der Waals surface area contributed by atoms with Crippen LogP contribution in [0.4, 0.5) is 0 Å². The first-order valence-electron chi connectivity index (χ1n) is 8.83. The topological polar surface area (TPSA) is 47.9 Å². The number of hydrogen-bond donors (Lipinski definition) is 1. The lowest BCUT2D eigenvalue weighted by Gasteiger charge is -2.39. The number of aliphatic hydroxyl groups excluding tert-OH is 1. The van der Waals surface area contributed by atoms with E-state index in [2.05, 4.69) is 0 Å². The molecule has 1 aliphatic rings. The van der Waals surface area contributed by atoms with E-state index in [-0.39, 0.29) is 31.0 Å². The summed E-state index contributed by atoms with van der Waals surface area (Å²) in [4.78, 5) is 0. The summed E-state index contributed by atoms with van der Waals surface area (Å²) in [6, 6.07) is 20.2. The van der Waals surface area contributed by atoms with Gasteiger partial charge in [-0.05, 0) is 18.1 Å². The lowest BCUT2D eigenvalue weighted by Crippen LogP contribution is -2.50. The largest absolute Gasteiger partial charge is 0.394 e. The van der Waals surface area contributed by atoms with Gasteiger partial charge in [0.1, 0.15) is 6.10 Å². The van der Waals surface area contributed by atoms with Crippen LogP contribution in [-0.2, 0) is 27.4 Å². The van der Waals surface area contributed by atoms with Crippen molar-refractivity contribution >= 4 is 0 Å². The van der Waals surface area contributed by atoms with Crippen LogP contribution >= 0.6 is 0 Å². The molecule has 1 N–H and O–H groups in total. The smallest absolute Gasteiger partial charge is 0.110 e. The normalized spacial score (nSPS) is 26.5. The van der Waals surface area contributed by atoms with Crippen molar-refractivity contribution in [2.75, 3.05) is 6.61 Å². The lowest BCUT2D eigenvalue weighted by atomic mass is 9.98. The van der Waals surface area contributed by atoms with Crippen LogP contribution < -0.4 is 0 Å². The molecule has 0 bridgehead atoms. The first kappa shape index (κ1) is 18.1. The van der Waals surface area contributed by atoms with E-state index in [1.54, 1.807) is 0 Å². The van der Waals surface area contributed by atoms with Crippen LogP contribution in [0, 0.1) is 0 Å². The zero-order valence-electron chi connectivity index (χ0n) is 14.6. The Labute approximate surface area is 149 Å². The SMILES string of the molecule is C[C@@H]1OC(CO)C[C@H](OCc2ccccc2)[C@H]1OCc1ccccc1. The third kappa shape index (κ3) is 5.13. The third-order valence-corrected chi connectivity index (χ3v) is 4.53. The Kier molecular flexibility index (Phi) is 6.59. The molecule has 1 aliphatic heterocycles. The fraction of sp³-hybridized carbons (Fsp3) is 0.429. The van der Waals surface area contributed by atoms with Crippen molar-refractivity contribution in [2.24, 2.45) is 0 Å². The van der Waals surface area contributed by atoms with E-state index in [4.69, 9.17) is 14.2 Å². The van der Waals surface area contributed by atoms with Crippen LogP contribution in [0.3, 0.4) is 0 Å². The molecule has 2 aromatic rings. The van der Waals surface area contributed by atoms with Gasteiger partial charge in [0.25, 0.3) is 0 Å². The van der Waals surface area contributed by atoms with Gasteiger partial charge in [0, 0.05) is 6.42 Å². The fourth-order valence-electron chi connectivity index (χ4n) is 3.20. The second-order valence-electron chi connectivity index (χ2n) is 6.48. The van der Waals surface area contributed by atoms with Gasteiger partial charge >= 0.3 is 0 Å². The van der Waals surface area contributed by atoms with Gasteiger partial charge in [-0.1, -0.05) is 60.7 Å². The minimum Gasteiger partial charge on any atom is -0.394 e. The molecule has 1 saturated heterocycles. The molecule has 4 atom stereocenters. The highest BCUT2D eigenvalue weighted by Crippen LogP contribution is 2.26. The third-order valence-electron chi connectivity index (χ3n) is 4.53. The maximum absolute atomic E-state index is 9.48. The van der Waals surface area contributed by atoms with E-state index >= 15 is 0 Å². The molecular formula is C21H26O4. The summed E-state index contributed by atoms with van der Waals surface area (Å²) in [6.07, 6.45) is 0.0342. The zero-order valence-corrected chi connectivity index (χ0v) is 14.6. The van der Waals surface area contributed by atoms with E-state index in [0.717, 1.165) is 11.1 Å². The summed E-state index contributed by atoms with van der Waals surface area (Å²) in [5.74, 6) is 0. The number of aliphatic hydroxyl groups is 1. The van der Waals surface area contributed by atoms with Crippen LogP contribution in [0.15, 0.2) is 60.7 Å². The van der Waals surface area contributed by atoms with Crippen LogP contribution in [0.1, 0.15) is 24.5 Å². The first-order chi connectivity index (χ1) is 12.3. The van der Waals surface area contributed by atoms with Gasteiger partial charge in [-0.25, -0.2) is 0 Å². The van der Waals surface area contributed by atoms with Gasteiger partial charge in [-0.2, -0.15) is 0 Å². The van der Waals surface area contributed by atoms with Crippen molar-refractivity contribution in [1.82, 2.24) is 0 Å². The Balaban J connectivity index is 1.63. The predicted molar refractivity (Wildman–Crippen MR) is 96.1 cm³/mol. The van der Waals surface area contributed by atoms with Gasteiger partial charge < -0.3 is 19.3 Å². The molecule has 4 heteroatoms. The molecule has 0 amide bonds. The average molecular weight is 342 g/mol. The molecule has 1 heterocycles. The van der Waals surface area contributed by atoms with Crippen molar-refractivity contribution < 1.29 is 19.3 Å². The number of ether oxygens (including phenoxy) is 3. The maximum Gasteiger partial charge on any atom is 0.110 e. The molecule has 1 fully saturated rings. The molecule has 0 spiro atoms. The molecule has 0 aliphatic carbocycles. The average Bonchev–Trinajstić information content (AvgIpc) is 2.67. The van der Waals surface area contributed by atoms with E-state index in [1.165, 1.54) is 0 Å². The van der Waals surface area contributed by atoms with Crippen LogP contribution in [0.2, 0.25) is 0 Å². The van der Waals surface area contributed by atoms with Crippen LogP contribution in [0.5, 0.6) is 0 Å². The summed E-state index contributed by atoms with van der Waals surface area (Å²) < 4.78 is 18.2. The summed E-state index contributed by atoms with van der Waals surface area (Å²) in [6.45, 7) is 3.03. The Morgan fingerprint density at radius 3 is 2.04 bits per heavy atom. The maximum atomic E-state index is 9.48. The van der Waals surface area contributed by atoms with Crippen molar-refractivity contribution in [3.05, 3.63) is 71.8 Å². The molecular weight excluding hydrogens is 316 g/mol. The Morgan fingerprint density at radius 2 is 1.48 bits per heavy atom. The summed E-state index contributed by atoms with van der Waals surface area (Å²) in [5.41, 5.74) is 2.25. The monoisotopic (exact) mass is 342 g/mol. The molecule has 0 radical (unpaired) electrons. The molecule has 1 unspecified atom stereocenters. The Morgan fingerprint density at radius 1 is 0.920 bits per heavy atom. The highest BCUT2D eigenvalue weighted by Gasteiger charge is 2.37. The minimum absolute atomic E-state index is 0.000935. The zero-order chi connectivity index (χ0) is 17.5. The second kappa shape index (κ2) is 9.11. The number of hydrogen-bond acceptors (Lipinski definition) is 4. The van der Waals surface area contributed by atoms with Gasteiger partial charge in [-0.15, -0.1) is 0 Å². The Bertz CT molecular complexity index is 616. The van der Waals surface area contributed by atoms with Crippen LogP contribution in [0.25, 0.3) is 0 Å². The first-order valence-corrected chi connectivity index (χ1v) is 8.83. The van der Waals surface area contributed by atoms with Crippen molar-refractivity contribution in [3.8, 4) is 0 Å². The molecule has 4 nitrogen and oxygen atoms in total. The molecule has 0 saturated carbocycles. The van der Waals surface area contributed by atoms with Crippen molar-refractivity contribution in [2.45, 2.75) is 51.0 Å². The second-order valence-corrected chi connectivity index (χ2v) is 6.48. The highest BCUT2D eigenvalue weighted by molar-refractivity contribution is 5.14. The molecule has 3 rings (SSSR count). The summed E-state index contributed by atoms with van der Waals surface area (Å²) >= 11 is 0. The molecule has 134 valence electrons. The molecule has 2 aromatic carbocycles. The van der Waals surface area contributed by atoms with E-state index in [0.29, 0.717) is 19.6 Å². The van der Waals surface area contributed by atoms with E-state index in [9.17, 15) is 5.11 Å². The quantitative estimate of drug-likeness (QED) is 0.838. The minimum atomic E-state index is -0.202. The van der Waals surface area contributed by atoms with E-state index < -0.39 is 0 Å². The molecule has 0 aromatic heterocycles. The van der Waals surface area contributed by atoms with E-state index in [1.807, 2.05) is 67.6 Å².